The Labute approximate surface area is 132 Å². The third-order valence-corrected chi connectivity index (χ3v) is 3.11. The second kappa shape index (κ2) is 14.0. The van der Waals surface area contributed by atoms with Crippen molar-refractivity contribution in [3.8, 4) is 0 Å². The molecule has 0 saturated carbocycles. The van der Waals surface area contributed by atoms with Gasteiger partial charge >= 0.3 is 12.1 Å². The number of esters is 1. The Kier molecular flexibility index (Phi) is 13.3. The number of amides is 1. The summed E-state index contributed by atoms with van der Waals surface area (Å²) in [5, 5.41) is 2.52. The molecule has 0 bridgehead atoms. The van der Waals surface area contributed by atoms with Crippen LogP contribution in [0.5, 0.6) is 0 Å². The summed E-state index contributed by atoms with van der Waals surface area (Å²) >= 11 is 5.43. The van der Waals surface area contributed by atoms with Gasteiger partial charge in [-0.25, -0.2) is 9.59 Å². The lowest BCUT2D eigenvalue weighted by Crippen LogP contribution is -2.42. The van der Waals surface area contributed by atoms with Crippen LogP contribution < -0.4 is 5.32 Å². The van der Waals surface area contributed by atoms with Gasteiger partial charge in [-0.1, -0.05) is 46.0 Å². The van der Waals surface area contributed by atoms with Gasteiger partial charge in [0.1, 0.15) is 12.6 Å². The molecule has 5 nitrogen and oxygen atoms in total. The molecule has 0 aromatic rings. The summed E-state index contributed by atoms with van der Waals surface area (Å²) in [5.74, 6) is -0.163. The van der Waals surface area contributed by atoms with Gasteiger partial charge in [0.15, 0.2) is 0 Å². The Morgan fingerprint density at radius 3 is 2.33 bits per heavy atom. The minimum atomic E-state index is -0.645. The molecule has 124 valence electrons. The highest BCUT2D eigenvalue weighted by Gasteiger charge is 2.21. The fourth-order valence-corrected chi connectivity index (χ4v) is 1.91. The van der Waals surface area contributed by atoms with Gasteiger partial charge in [0.2, 0.25) is 0 Å². The van der Waals surface area contributed by atoms with Crippen LogP contribution in [-0.4, -0.2) is 37.2 Å². The van der Waals surface area contributed by atoms with Gasteiger partial charge in [-0.3, -0.25) is 0 Å². The van der Waals surface area contributed by atoms with Crippen molar-refractivity contribution < 1.29 is 19.1 Å². The Bertz CT molecular complexity index is 287. The normalized spacial score (nSPS) is 11.8. The first kappa shape index (κ1) is 20.0. The number of hydrogen-bond acceptors (Lipinski definition) is 4. The predicted molar refractivity (Wildman–Crippen MR) is 83.6 cm³/mol. The van der Waals surface area contributed by atoms with Gasteiger partial charge in [0.25, 0.3) is 0 Å². The molecule has 0 aromatic carbocycles. The zero-order valence-corrected chi connectivity index (χ0v) is 13.9. The lowest BCUT2D eigenvalue weighted by Gasteiger charge is -2.16. The standard InChI is InChI=1S/C15H28ClNO4/c1-3-5-6-7-8-11-20-14(18)13(9-4-2)17-15(19)21-12-10-16/h13H,3-12H2,1-2H3,(H,17,19). The summed E-state index contributed by atoms with van der Waals surface area (Å²) in [4.78, 5) is 23.4. The first-order valence-corrected chi connectivity index (χ1v) is 8.35. The highest BCUT2D eigenvalue weighted by Crippen LogP contribution is 2.05. The van der Waals surface area contributed by atoms with E-state index in [4.69, 9.17) is 21.1 Å². The Hall–Kier alpha value is -0.970. The average Bonchev–Trinajstić information content (AvgIpc) is 2.48. The first-order chi connectivity index (χ1) is 10.2. The number of nitrogens with one attached hydrogen (secondary N) is 1. The van der Waals surface area contributed by atoms with Gasteiger partial charge in [-0.2, -0.15) is 0 Å². The largest absolute Gasteiger partial charge is 0.464 e. The topological polar surface area (TPSA) is 64.6 Å². The van der Waals surface area contributed by atoms with Crippen molar-refractivity contribution in [1.29, 1.82) is 0 Å². The number of carbonyl (C=O) groups excluding carboxylic acids is 2. The zero-order valence-electron chi connectivity index (χ0n) is 13.2. The molecule has 1 unspecified atom stereocenters. The van der Waals surface area contributed by atoms with E-state index in [0.717, 1.165) is 25.7 Å². The van der Waals surface area contributed by atoms with Gasteiger partial charge in [0, 0.05) is 0 Å². The molecule has 0 aliphatic rings. The number of hydrogen-bond donors (Lipinski definition) is 1. The fraction of sp³-hybridized carbons (Fsp3) is 0.867. The van der Waals surface area contributed by atoms with Crippen molar-refractivity contribution in [1.82, 2.24) is 5.32 Å². The molecular weight excluding hydrogens is 294 g/mol. The number of carbonyl (C=O) groups is 2. The van der Waals surface area contributed by atoms with Crippen LogP contribution in [0.4, 0.5) is 4.79 Å². The predicted octanol–water partition coefficient (Wildman–Crippen LogP) is 3.63. The average molecular weight is 322 g/mol. The van der Waals surface area contributed by atoms with E-state index in [1.165, 1.54) is 12.8 Å². The van der Waals surface area contributed by atoms with Crippen molar-refractivity contribution in [3.63, 3.8) is 0 Å². The molecule has 1 amide bonds. The third kappa shape index (κ3) is 11.4. The van der Waals surface area contributed by atoms with Gasteiger partial charge in [-0.05, 0) is 12.8 Å². The molecule has 0 fully saturated rings. The zero-order chi connectivity index (χ0) is 15.9. The number of unbranched alkanes of at least 4 members (excludes halogenated alkanes) is 4. The summed E-state index contributed by atoms with van der Waals surface area (Å²) in [6, 6.07) is -0.645. The second-order valence-corrected chi connectivity index (χ2v) is 5.27. The molecule has 0 radical (unpaired) electrons. The lowest BCUT2D eigenvalue weighted by atomic mass is 10.1. The highest BCUT2D eigenvalue weighted by atomic mass is 35.5. The van der Waals surface area contributed by atoms with E-state index in [9.17, 15) is 9.59 Å². The van der Waals surface area contributed by atoms with Crippen molar-refractivity contribution in [3.05, 3.63) is 0 Å². The molecule has 0 aromatic heterocycles. The summed E-state index contributed by atoms with van der Waals surface area (Å²) in [5.41, 5.74) is 0. The molecule has 0 spiro atoms. The highest BCUT2D eigenvalue weighted by molar-refractivity contribution is 6.18. The van der Waals surface area contributed by atoms with E-state index in [-0.39, 0.29) is 12.5 Å². The quantitative estimate of drug-likeness (QED) is 0.338. The summed E-state index contributed by atoms with van der Waals surface area (Å²) in [6.45, 7) is 4.63. The maximum atomic E-state index is 11.9. The van der Waals surface area contributed by atoms with Gasteiger partial charge in [0.05, 0.1) is 12.5 Å². The second-order valence-electron chi connectivity index (χ2n) is 4.89. The minimum absolute atomic E-state index is 0.124. The smallest absolute Gasteiger partial charge is 0.407 e. The summed E-state index contributed by atoms with van der Waals surface area (Å²) < 4.78 is 10.0. The lowest BCUT2D eigenvalue weighted by molar-refractivity contribution is -0.146. The molecule has 0 heterocycles. The molecule has 0 aliphatic heterocycles. The molecule has 21 heavy (non-hydrogen) atoms. The Morgan fingerprint density at radius 2 is 1.71 bits per heavy atom. The summed E-state index contributed by atoms with van der Waals surface area (Å²) in [7, 11) is 0. The van der Waals surface area contributed by atoms with Crippen LogP contribution in [0.25, 0.3) is 0 Å². The number of alkyl halides is 1. The molecule has 1 atom stereocenters. The molecule has 0 aliphatic carbocycles. The Morgan fingerprint density at radius 1 is 1.00 bits per heavy atom. The van der Waals surface area contributed by atoms with Crippen LogP contribution in [0.2, 0.25) is 0 Å². The van der Waals surface area contributed by atoms with Crippen LogP contribution >= 0.6 is 11.6 Å². The number of alkyl carbamates (subject to hydrolysis) is 1. The maximum Gasteiger partial charge on any atom is 0.407 e. The van der Waals surface area contributed by atoms with Crippen molar-refractivity contribution in [2.45, 2.75) is 64.8 Å². The Balaban J connectivity index is 3.96. The van der Waals surface area contributed by atoms with Crippen molar-refractivity contribution in [2.75, 3.05) is 19.1 Å². The van der Waals surface area contributed by atoms with E-state index in [1.807, 2.05) is 6.92 Å². The van der Waals surface area contributed by atoms with E-state index < -0.39 is 18.1 Å². The molecule has 0 saturated heterocycles. The molecule has 0 rings (SSSR count). The van der Waals surface area contributed by atoms with E-state index >= 15 is 0 Å². The van der Waals surface area contributed by atoms with Crippen LogP contribution in [0.3, 0.4) is 0 Å². The van der Waals surface area contributed by atoms with E-state index in [0.29, 0.717) is 13.0 Å². The van der Waals surface area contributed by atoms with Crippen LogP contribution in [0.1, 0.15) is 58.8 Å². The van der Waals surface area contributed by atoms with Gasteiger partial charge in [-0.15, -0.1) is 11.6 Å². The van der Waals surface area contributed by atoms with Crippen LogP contribution in [0.15, 0.2) is 0 Å². The third-order valence-electron chi connectivity index (χ3n) is 2.96. The number of ether oxygens (including phenoxy) is 2. The monoisotopic (exact) mass is 321 g/mol. The first-order valence-electron chi connectivity index (χ1n) is 7.81. The van der Waals surface area contributed by atoms with E-state index in [2.05, 4.69) is 12.2 Å². The number of halogens is 1. The van der Waals surface area contributed by atoms with Gasteiger partial charge < -0.3 is 14.8 Å². The van der Waals surface area contributed by atoms with E-state index in [1.54, 1.807) is 0 Å². The summed E-state index contributed by atoms with van der Waals surface area (Å²) in [6.07, 6.45) is 6.15. The number of rotatable bonds is 12. The van der Waals surface area contributed by atoms with Crippen LogP contribution in [0, 0.1) is 0 Å². The van der Waals surface area contributed by atoms with Crippen LogP contribution in [-0.2, 0) is 14.3 Å². The van der Waals surface area contributed by atoms with Crippen molar-refractivity contribution >= 4 is 23.7 Å². The molecular formula is C15H28ClNO4. The molecule has 6 heteroatoms. The molecule has 1 N–H and O–H groups in total. The van der Waals surface area contributed by atoms with Crippen molar-refractivity contribution in [2.24, 2.45) is 0 Å². The SMILES string of the molecule is CCCCCCCOC(=O)C(CCC)NC(=O)OCCCl. The fourth-order valence-electron chi connectivity index (χ4n) is 1.83. The maximum absolute atomic E-state index is 11.9. The minimum Gasteiger partial charge on any atom is -0.464 e.